The highest BCUT2D eigenvalue weighted by molar-refractivity contribution is 5.85. The number of ether oxygens (including phenoxy) is 1. The number of alkyl carbamates (subject to hydrolysis) is 1. The number of nitro groups is 1. The number of carbonyl (C=O) groups excluding carboxylic acids is 1. The van der Waals surface area contributed by atoms with E-state index >= 15 is 0 Å². The van der Waals surface area contributed by atoms with Crippen LogP contribution in [0.3, 0.4) is 0 Å². The van der Waals surface area contributed by atoms with Crippen LogP contribution in [0.25, 0.3) is 10.9 Å². The molecule has 0 fully saturated rings. The van der Waals surface area contributed by atoms with E-state index in [1.807, 2.05) is 30.3 Å². The molecule has 0 aliphatic rings. The van der Waals surface area contributed by atoms with E-state index in [1.54, 1.807) is 12.3 Å². The zero-order valence-electron chi connectivity index (χ0n) is 13.4. The number of aromatic amines is 1. The van der Waals surface area contributed by atoms with E-state index in [2.05, 4.69) is 10.3 Å². The number of nitrogens with one attached hydrogen (secondary N) is 2. The third-order valence-corrected chi connectivity index (χ3v) is 3.84. The SMILES string of the molecule is O=C(NCCc1c[nH]c2ccc([N+](=O)[O-])cc12)OCc1ccccc1. The molecule has 0 aliphatic heterocycles. The largest absolute Gasteiger partial charge is 0.445 e. The van der Waals surface area contributed by atoms with Crippen LogP contribution in [0.15, 0.2) is 54.7 Å². The summed E-state index contributed by atoms with van der Waals surface area (Å²) < 4.78 is 5.14. The Kier molecular flexibility index (Phi) is 4.94. The predicted octanol–water partition coefficient (Wildman–Crippen LogP) is 3.55. The van der Waals surface area contributed by atoms with Crippen LogP contribution in [-0.4, -0.2) is 22.5 Å². The van der Waals surface area contributed by atoms with Crippen molar-refractivity contribution in [1.29, 1.82) is 0 Å². The van der Waals surface area contributed by atoms with Gasteiger partial charge in [0.05, 0.1) is 4.92 Å². The molecule has 0 radical (unpaired) electrons. The third-order valence-electron chi connectivity index (χ3n) is 3.84. The number of hydrogen-bond donors (Lipinski definition) is 2. The Bertz CT molecular complexity index is 890. The number of amides is 1. The van der Waals surface area contributed by atoms with Crippen LogP contribution in [0.1, 0.15) is 11.1 Å². The summed E-state index contributed by atoms with van der Waals surface area (Å²) in [6.45, 7) is 0.592. The topological polar surface area (TPSA) is 97.3 Å². The van der Waals surface area contributed by atoms with Crippen LogP contribution >= 0.6 is 0 Å². The van der Waals surface area contributed by atoms with Crippen LogP contribution in [-0.2, 0) is 17.8 Å². The molecule has 3 rings (SSSR count). The van der Waals surface area contributed by atoms with Crippen LogP contribution in [0, 0.1) is 10.1 Å². The molecule has 0 saturated carbocycles. The summed E-state index contributed by atoms with van der Waals surface area (Å²) in [6, 6.07) is 14.1. The van der Waals surface area contributed by atoms with Crippen molar-refractivity contribution in [2.45, 2.75) is 13.0 Å². The van der Waals surface area contributed by atoms with Gasteiger partial charge in [0.2, 0.25) is 0 Å². The van der Waals surface area contributed by atoms with Crippen molar-refractivity contribution in [3.63, 3.8) is 0 Å². The molecule has 0 atom stereocenters. The second kappa shape index (κ2) is 7.48. The summed E-state index contributed by atoms with van der Waals surface area (Å²) in [7, 11) is 0. The molecule has 1 aromatic heterocycles. The second-order valence-corrected chi connectivity index (χ2v) is 5.54. The first kappa shape index (κ1) is 16.5. The number of carbonyl (C=O) groups is 1. The molecule has 7 heteroatoms. The lowest BCUT2D eigenvalue weighted by Gasteiger charge is -2.07. The van der Waals surface area contributed by atoms with E-state index in [0.29, 0.717) is 13.0 Å². The van der Waals surface area contributed by atoms with Crippen molar-refractivity contribution in [2.75, 3.05) is 6.54 Å². The summed E-state index contributed by atoms with van der Waals surface area (Å²) in [5, 5.41) is 14.4. The van der Waals surface area contributed by atoms with E-state index in [9.17, 15) is 14.9 Å². The molecule has 3 aromatic rings. The minimum Gasteiger partial charge on any atom is -0.445 e. The monoisotopic (exact) mass is 339 g/mol. The molecule has 25 heavy (non-hydrogen) atoms. The van der Waals surface area contributed by atoms with Gasteiger partial charge in [-0.1, -0.05) is 30.3 Å². The van der Waals surface area contributed by atoms with Gasteiger partial charge >= 0.3 is 6.09 Å². The highest BCUT2D eigenvalue weighted by Gasteiger charge is 2.11. The highest BCUT2D eigenvalue weighted by atomic mass is 16.6. The van der Waals surface area contributed by atoms with Gasteiger partial charge in [0.1, 0.15) is 6.61 Å². The predicted molar refractivity (Wildman–Crippen MR) is 93.3 cm³/mol. The van der Waals surface area contributed by atoms with Crippen LogP contribution in [0.5, 0.6) is 0 Å². The average molecular weight is 339 g/mol. The van der Waals surface area contributed by atoms with Gasteiger partial charge in [-0.15, -0.1) is 0 Å². The van der Waals surface area contributed by atoms with Crippen molar-refractivity contribution in [3.8, 4) is 0 Å². The van der Waals surface area contributed by atoms with Gasteiger partial charge in [-0.05, 0) is 23.6 Å². The van der Waals surface area contributed by atoms with Crippen molar-refractivity contribution >= 4 is 22.7 Å². The number of rotatable bonds is 6. The van der Waals surface area contributed by atoms with Gasteiger partial charge in [-0.25, -0.2) is 4.79 Å². The van der Waals surface area contributed by atoms with Crippen molar-refractivity contribution in [1.82, 2.24) is 10.3 Å². The number of nitrogens with zero attached hydrogens (tertiary/aromatic N) is 1. The molecule has 1 amide bonds. The van der Waals surface area contributed by atoms with Crippen LogP contribution in [0.2, 0.25) is 0 Å². The van der Waals surface area contributed by atoms with Gasteiger partial charge < -0.3 is 15.0 Å². The van der Waals surface area contributed by atoms with Crippen molar-refractivity contribution in [3.05, 3.63) is 76.0 Å². The fourth-order valence-corrected chi connectivity index (χ4v) is 2.56. The van der Waals surface area contributed by atoms with E-state index in [-0.39, 0.29) is 12.3 Å². The van der Waals surface area contributed by atoms with E-state index in [0.717, 1.165) is 22.0 Å². The molecule has 2 aromatic carbocycles. The third kappa shape index (κ3) is 4.14. The van der Waals surface area contributed by atoms with Gasteiger partial charge in [0.25, 0.3) is 5.69 Å². The fraction of sp³-hybridized carbons (Fsp3) is 0.167. The van der Waals surface area contributed by atoms with Gasteiger partial charge in [0.15, 0.2) is 0 Å². The molecule has 0 aliphatic carbocycles. The second-order valence-electron chi connectivity index (χ2n) is 5.54. The minimum absolute atomic E-state index is 0.0450. The number of non-ortho nitro benzene ring substituents is 1. The first-order valence-corrected chi connectivity index (χ1v) is 7.82. The lowest BCUT2D eigenvalue weighted by Crippen LogP contribution is -2.26. The minimum atomic E-state index is -0.491. The molecular weight excluding hydrogens is 322 g/mol. The summed E-state index contributed by atoms with van der Waals surface area (Å²) in [4.78, 5) is 25.3. The van der Waals surface area contributed by atoms with Crippen molar-refractivity contribution in [2.24, 2.45) is 0 Å². The Morgan fingerprint density at radius 3 is 2.76 bits per heavy atom. The highest BCUT2D eigenvalue weighted by Crippen LogP contribution is 2.23. The molecule has 1 heterocycles. The Morgan fingerprint density at radius 1 is 1.20 bits per heavy atom. The molecule has 0 saturated heterocycles. The molecular formula is C18H17N3O4. The smallest absolute Gasteiger partial charge is 0.407 e. The Balaban J connectivity index is 1.53. The zero-order valence-corrected chi connectivity index (χ0v) is 13.4. The van der Waals surface area contributed by atoms with E-state index in [4.69, 9.17) is 4.74 Å². The Hall–Kier alpha value is -3.35. The Morgan fingerprint density at radius 2 is 2.00 bits per heavy atom. The number of benzene rings is 2. The van der Waals surface area contributed by atoms with E-state index < -0.39 is 11.0 Å². The molecule has 128 valence electrons. The van der Waals surface area contributed by atoms with E-state index in [1.165, 1.54) is 12.1 Å². The van der Waals surface area contributed by atoms with Crippen LogP contribution in [0.4, 0.5) is 10.5 Å². The maximum absolute atomic E-state index is 11.7. The fourth-order valence-electron chi connectivity index (χ4n) is 2.56. The summed E-state index contributed by atoms with van der Waals surface area (Å²) >= 11 is 0. The van der Waals surface area contributed by atoms with Gasteiger partial charge in [0, 0.05) is 35.8 Å². The number of nitro benzene ring substituents is 1. The maximum atomic E-state index is 11.7. The summed E-state index contributed by atoms with van der Waals surface area (Å²) in [5.74, 6) is 0. The molecule has 0 bridgehead atoms. The average Bonchev–Trinajstić information content (AvgIpc) is 3.03. The lowest BCUT2D eigenvalue weighted by molar-refractivity contribution is -0.384. The molecule has 2 N–H and O–H groups in total. The Labute approximate surface area is 143 Å². The first-order valence-electron chi connectivity index (χ1n) is 7.82. The molecule has 7 nitrogen and oxygen atoms in total. The number of fused-ring (bicyclic) bond motifs is 1. The zero-order chi connectivity index (χ0) is 17.6. The lowest BCUT2D eigenvalue weighted by atomic mass is 10.1. The number of H-pyrrole nitrogens is 1. The maximum Gasteiger partial charge on any atom is 0.407 e. The quantitative estimate of drug-likeness (QED) is 0.530. The standard InChI is InChI=1S/C18H17N3O4/c22-18(25-12-13-4-2-1-3-5-13)19-9-8-14-11-20-17-7-6-15(21(23)24)10-16(14)17/h1-7,10-11,20H,8-9,12H2,(H,19,22). The van der Waals surface area contributed by atoms with Gasteiger partial charge in [-0.3, -0.25) is 10.1 Å². The van der Waals surface area contributed by atoms with Crippen LogP contribution < -0.4 is 5.32 Å². The number of hydrogen-bond acceptors (Lipinski definition) is 4. The summed E-state index contributed by atoms with van der Waals surface area (Å²) in [6.07, 6.45) is 1.85. The summed E-state index contributed by atoms with van der Waals surface area (Å²) in [5.41, 5.74) is 2.69. The molecule has 0 spiro atoms. The van der Waals surface area contributed by atoms with Gasteiger partial charge in [-0.2, -0.15) is 0 Å². The first-order chi connectivity index (χ1) is 12.1. The van der Waals surface area contributed by atoms with Crippen molar-refractivity contribution < 1.29 is 14.5 Å². The molecule has 0 unspecified atom stereocenters. The number of aromatic nitrogens is 1. The normalized spacial score (nSPS) is 10.6.